The van der Waals surface area contributed by atoms with Crippen molar-refractivity contribution in [2.24, 2.45) is 0 Å². The number of ether oxygens (including phenoxy) is 1. The van der Waals surface area contributed by atoms with Gasteiger partial charge >= 0.3 is 5.97 Å². The van der Waals surface area contributed by atoms with Crippen LogP contribution in [0, 0.1) is 0 Å². The molecule has 0 aromatic carbocycles. The Kier molecular flexibility index (Phi) is 4.14. The predicted molar refractivity (Wildman–Crippen MR) is 72.2 cm³/mol. The van der Waals surface area contributed by atoms with Gasteiger partial charge in [-0.3, -0.25) is 0 Å². The lowest BCUT2D eigenvalue weighted by molar-refractivity contribution is -0.132. The molecule has 0 atom stereocenters. The van der Waals surface area contributed by atoms with E-state index in [1.807, 2.05) is 4.08 Å². The Morgan fingerprint density at radius 3 is 2.72 bits per heavy atom. The molecule has 2 aliphatic rings. The maximum absolute atomic E-state index is 13.0. The van der Waals surface area contributed by atoms with Gasteiger partial charge in [0.2, 0.25) is 5.92 Å². The van der Waals surface area contributed by atoms with E-state index in [-0.39, 0.29) is 58.1 Å². The Hall–Kier alpha value is -0.790. The van der Waals surface area contributed by atoms with Gasteiger partial charge in [0.05, 0.1) is 6.10 Å². The van der Waals surface area contributed by atoms with Crippen molar-refractivity contribution < 1.29 is 23.4 Å². The van der Waals surface area contributed by atoms with Gasteiger partial charge in [-0.05, 0) is 23.0 Å². The molecule has 0 spiro atoms. The first-order valence-electron chi connectivity index (χ1n) is 5.62. The summed E-state index contributed by atoms with van der Waals surface area (Å²) in [5, 5.41) is 9.00. The first kappa shape index (κ1) is 13.6. The lowest BCUT2D eigenvalue weighted by Gasteiger charge is -2.29. The molecule has 1 aliphatic carbocycles. The van der Waals surface area contributed by atoms with Gasteiger partial charge in [-0.1, -0.05) is 20.7 Å². The molecule has 0 saturated heterocycles. The van der Waals surface area contributed by atoms with Gasteiger partial charge < -0.3 is 9.84 Å². The highest BCUT2D eigenvalue weighted by atomic mass is 127. The number of aliphatic carboxylic acids is 1. The molecular formula is C12H13F2IO3. The van der Waals surface area contributed by atoms with Gasteiger partial charge in [0, 0.05) is 16.9 Å². The van der Waals surface area contributed by atoms with Crippen LogP contribution in [0.15, 0.2) is 21.5 Å². The van der Waals surface area contributed by atoms with Crippen molar-refractivity contribution in [3.63, 3.8) is 0 Å². The Bertz CT molecular complexity index is 431. The van der Waals surface area contributed by atoms with Gasteiger partial charge in [-0.2, -0.15) is 0 Å². The third kappa shape index (κ3) is 3.37. The quantitative estimate of drug-likeness (QED) is 0.777. The van der Waals surface area contributed by atoms with E-state index >= 15 is 0 Å². The maximum atomic E-state index is 13.0. The van der Waals surface area contributed by atoms with Crippen LogP contribution < -0.4 is 0 Å². The van der Waals surface area contributed by atoms with Gasteiger partial charge in [-0.15, -0.1) is 0 Å². The smallest absolute Gasteiger partial charge is 0.339 e. The van der Waals surface area contributed by atoms with Gasteiger partial charge in [0.15, 0.2) is 0 Å². The summed E-state index contributed by atoms with van der Waals surface area (Å²) in [5.74, 6) is -3.28. The Balaban J connectivity index is 2.03. The molecule has 0 radical (unpaired) electrons. The fraction of sp³-hybridized carbons (Fsp3) is 0.500. The molecule has 6 heteroatoms. The highest BCUT2D eigenvalue weighted by molar-refractivity contribution is 14.2. The van der Waals surface area contributed by atoms with Crippen LogP contribution in [0.1, 0.15) is 25.7 Å². The number of rotatable bonds is 3. The molecule has 1 N–H and O–H groups in total. The zero-order valence-electron chi connectivity index (χ0n) is 9.54. The number of carboxylic acid groups (broad SMARTS) is 1. The molecule has 100 valence electrons. The van der Waals surface area contributed by atoms with Crippen LogP contribution in [0.4, 0.5) is 8.78 Å². The minimum atomic E-state index is -2.59. The summed E-state index contributed by atoms with van der Waals surface area (Å²) in [4.78, 5) is 11.0. The van der Waals surface area contributed by atoms with Gasteiger partial charge in [0.1, 0.15) is 11.3 Å². The third-order valence-electron chi connectivity index (χ3n) is 2.92. The Morgan fingerprint density at radius 1 is 1.44 bits per heavy atom. The number of carboxylic acids is 1. The number of hydrogen-bond acceptors (Lipinski definition) is 2. The minimum Gasteiger partial charge on any atom is -0.489 e. The summed E-state index contributed by atoms with van der Waals surface area (Å²) >= 11 is -0.326. The van der Waals surface area contributed by atoms with E-state index in [2.05, 4.69) is 0 Å². The van der Waals surface area contributed by atoms with Crippen LogP contribution in [0.2, 0.25) is 0 Å². The van der Waals surface area contributed by atoms with E-state index in [9.17, 15) is 13.6 Å². The first-order chi connectivity index (χ1) is 8.48. The number of halogens is 3. The Labute approximate surface area is 113 Å². The number of alkyl halides is 2. The molecular weight excluding hydrogens is 357 g/mol. The fourth-order valence-electron chi connectivity index (χ4n) is 1.91. The molecule has 1 aliphatic heterocycles. The highest BCUT2D eigenvalue weighted by Crippen LogP contribution is 2.35. The van der Waals surface area contributed by atoms with E-state index in [0.29, 0.717) is 5.76 Å². The number of hydrogen-bond donors (Lipinski definition) is 1. The maximum Gasteiger partial charge on any atom is 0.339 e. The van der Waals surface area contributed by atoms with Gasteiger partial charge in [0.25, 0.3) is 0 Å². The van der Waals surface area contributed by atoms with Crippen molar-refractivity contribution >= 4 is 30.7 Å². The van der Waals surface area contributed by atoms with Crippen LogP contribution in [-0.2, 0) is 9.53 Å². The first-order valence-corrected chi connectivity index (χ1v) is 8.11. The van der Waals surface area contributed by atoms with Crippen molar-refractivity contribution in [2.75, 3.05) is 0 Å². The van der Waals surface area contributed by atoms with Crippen LogP contribution in [0.25, 0.3) is 0 Å². The minimum absolute atomic E-state index is 0.123. The molecule has 1 heterocycles. The number of carbonyl (C=O) groups is 1. The molecule has 2 rings (SSSR count). The van der Waals surface area contributed by atoms with Gasteiger partial charge in [-0.25, -0.2) is 13.6 Å². The largest absolute Gasteiger partial charge is 0.489 e. The Morgan fingerprint density at radius 2 is 2.11 bits per heavy atom. The van der Waals surface area contributed by atoms with Crippen molar-refractivity contribution in [3.8, 4) is 0 Å². The van der Waals surface area contributed by atoms with Crippen LogP contribution in [0.5, 0.6) is 0 Å². The molecule has 0 bridgehead atoms. The summed E-state index contributed by atoms with van der Waals surface area (Å²) in [6.07, 6.45) is 1.44. The van der Waals surface area contributed by atoms with Crippen molar-refractivity contribution in [1.29, 1.82) is 0 Å². The van der Waals surface area contributed by atoms with E-state index in [0.717, 1.165) is 0 Å². The van der Waals surface area contributed by atoms with E-state index in [4.69, 9.17) is 9.84 Å². The predicted octanol–water partition coefficient (Wildman–Crippen LogP) is 3.22. The fourth-order valence-corrected chi connectivity index (χ4v) is 3.49. The van der Waals surface area contributed by atoms with Crippen LogP contribution >= 0.6 is 20.7 Å². The van der Waals surface area contributed by atoms with Crippen molar-refractivity contribution in [3.05, 3.63) is 21.5 Å². The van der Waals surface area contributed by atoms with E-state index in [1.54, 1.807) is 10.1 Å². The zero-order valence-corrected chi connectivity index (χ0v) is 11.7. The summed E-state index contributed by atoms with van der Waals surface area (Å²) < 4.78 is 35.2. The highest BCUT2D eigenvalue weighted by Gasteiger charge is 2.36. The summed E-state index contributed by atoms with van der Waals surface area (Å²) in [6.45, 7) is 0. The van der Waals surface area contributed by atoms with E-state index < -0.39 is 11.9 Å². The lowest BCUT2D eigenvalue weighted by Crippen LogP contribution is -2.29. The molecule has 18 heavy (non-hydrogen) atoms. The van der Waals surface area contributed by atoms with E-state index in [1.165, 1.54) is 0 Å². The average molecular weight is 370 g/mol. The molecule has 0 unspecified atom stereocenters. The van der Waals surface area contributed by atoms with Crippen molar-refractivity contribution in [2.45, 2.75) is 37.7 Å². The molecule has 0 amide bonds. The second-order valence-electron chi connectivity index (χ2n) is 4.28. The molecule has 0 aromatic heterocycles. The lowest BCUT2D eigenvalue weighted by atomic mass is 9.94. The van der Waals surface area contributed by atoms with Crippen LogP contribution in [0.3, 0.4) is 0 Å². The topological polar surface area (TPSA) is 46.5 Å². The second kappa shape index (κ2) is 5.46. The summed E-state index contributed by atoms with van der Waals surface area (Å²) in [5.41, 5.74) is 0.123. The zero-order chi connectivity index (χ0) is 13.2. The summed E-state index contributed by atoms with van der Waals surface area (Å²) in [7, 11) is 0. The number of allylic oxidation sites excluding steroid dienone is 1. The summed E-state index contributed by atoms with van der Waals surface area (Å²) in [6, 6.07) is 0. The monoisotopic (exact) mass is 370 g/mol. The second-order valence-corrected chi connectivity index (χ2v) is 6.35. The molecule has 3 nitrogen and oxygen atoms in total. The SMILES string of the molecule is O=C(O)C1=C(OC2CCC(F)(F)CC2)C=IC=C1. The molecule has 1 fully saturated rings. The average Bonchev–Trinajstić information content (AvgIpc) is 2.32. The standard InChI is InChI=1S/C12H13F2IO3/c13-12(14)4-1-8(2-5-12)18-10-7-15-6-3-9(10)11(16)17/h3,6-8H,1-2,4-5H2,(H,16,17). The van der Waals surface area contributed by atoms with Crippen molar-refractivity contribution in [1.82, 2.24) is 0 Å². The molecule has 1 saturated carbocycles. The normalized spacial score (nSPS) is 23.7. The van der Waals surface area contributed by atoms with Crippen LogP contribution in [-0.4, -0.2) is 27.1 Å². The third-order valence-corrected chi connectivity index (χ3v) is 4.62. The molecule has 0 aromatic rings.